The van der Waals surface area contributed by atoms with Crippen molar-refractivity contribution in [2.75, 3.05) is 6.61 Å². The Morgan fingerprint density at radius 3 is 2.32 bits per heavy atom. The molecule has 3 atom stereocenters. The van der Waals surface area contributed by atoms with E-state index in [9.17, 15) is 9.59 Å². The molecule has 1 aliphatic heterocycles. The lowest BCUT2D eigenvalue weighted by Gasteiger charge is -2.19. The maximum atomic E-state index is 12.3. The van der Waals surface area contributed by atoms with Gasteiger partial charge in [0.1, 0.15) is 12.3 Å². The summed E-state index contributed by atoms with van der Waals surface area (Å²) in [6.07, 6.45) is 0.899. The minimum absolute atomic E-state index is 0.250. The van der Waals surface area contributed by atoms with E-state index in [4.69, 9.17) is 14.2 Å². The Labute approximate surface area is 180 Å². The van der Waals surface area contributed by atoms with Gasteiger partial charge in [0, 0.05) is 18.2 Å². The predicted molar refractivity (Wildman–Crippen MR) is 116 cm³/mol. The van der Waals surface area contributed by atoms with Gasteiger partial charge in [0.05, 0.1) is 25.9 Å². The van der Waals surface area contributed by atoms with Crippen LogP contribution in [0.25, 0.3) is 0 Å². The first kappa shape index (κ1) is 21.2. The van der Waals surface area contributed by atoms with Crippen molar-refractivity contribution in [1.29, 1.82) is 0 Å². The highest BCUT2D eigenvalue weighted by atomic mass is 16.6. The van der Waals surface area contributed by atoms with Gasteiger partial charge in [-0.15, -0.1) is 0 Å². The fourth-order valence-corrected chi connectivity index (χ4v) is 3.64. The highest BCUT2D eigenvalue weighted by molar-refractivity contribution is 5.14. The zero-order valence-electron chi connectivity index (χ0n) is 17.4. The van der Waals surface area contributed by atoms with E-state index in [-0.39, 0.29) is 17.8 Å². The van der Waals surface area contributed by atoms with Gasteiger partial charge in [0.25, 0.3) is 5.56 Å². The van der Waals surface area contributed by atoms with Gasteiger partial charge in [0.2, 0.25) is 0 Å². The van der Waals surface area contributed by atoms with Crippen LogP contribution in [-0.4, -0.2) is 28.4 Å². The number of hydrogen-bond acceptors (Lipinski definition) is 5. The summed E-state index contributed by atoms with van der Waals surface area (Å²) in [4.78, 5) is 26.4. The molecule has 1 aliphatic rings. The zero-order valence-corrected chi connectivity index (χ0v) is 17.4. The second-order valence-electron chi connectivity index (χ2n) is 7.68. The van der Waals surface area contributed by atoms with Crippen LogP contribution in [0.3, 0.4) is 0 Å². The van der Waals surface area contributed by atoms with Crippen LogP contribution in [0.4, 0.5) is 0 Å². The van der Waals surface area contributed by atoms with Gasteiger partial charge in [-0.2, -0.15) is 0 Å². The Hall–Kier alpha value is -3.00. The molecule has 2 aromatic carbocycles. The second-order valence-corrected chi connectivity index (χ2v) is 7.68. The van der Waals surface area contributed by atoms with Gasteiger partial charge >= 0.3 is 5.69 Å². The molecule has 0 spiro atoms. The Balaban J connectivity index is 1.46. The van der Waals surface area contributed by atoms with E-state index in [2.05, 4.69) is 4.98 Å². The molecule has 3 aromatic rings. The average Bonchev–Trinajstić information content (AvgIpc) is 3.19. The summed E-state index contributed by atoms with van der Waals surface area (Å²) < 4.78 is 19.6. The molecule has 0 aliphatic carbocycles. The van der Waals surface area contributed by atoms with Gasteiger partial charge in [-0.05, 0) is 18.1 Å². The van der Waals surface area contributed by atoms with Crippen molar-refractivity contribution >= 4 is 0 Å². The van der Waals surface area contributed by atoms with E-state index in [1.807, 2.05) is 60.7 Å². The lowest BCUT2D eigenvalue weighted by Crippen LogP contribution is -2.33. The maximum absolute atomic E-state index is 12.3. The van der Waals surface area contributed by atoms with Crippen LogP contribution in [0.15, 0.2) is 76.4 Å². The molecule has 31 heavy (non-hydrogen) atoms. The standard InChI is InChI=1S/C24H26N2O5/c1-17-13-26(24(28)25-23(17)27)22-12-20(30-15-19-10-6-3-7-11-19)21(31-22)16-29-14-18-8-4-2-5-9-18/h2-11,13,20-22H,12,14-16H2,1H3,(H,25,27,28)/t20-,21+,22-/m0/s1. The van der Waals surface area contributed by atoms with E-state index in [1.54, 1.807) is 6.92 Å². The third kappa shape index (κ3) is 5.38. The molecular formula is C24H26N2O5. The van der Waals surface area contributed by atoms with E-state index in [0.29, 0.717) is 31.8 Å². The molecule has 7 nitrogen and oxygen atoms in total. The minimum Gasteiger partial charge on any atom is -0.374 e. The number of H-pyrrole nitrogens is 1. The van der Waals surface area contributed by atoms with E-state index < -0.39 is 11.9 Å². The molecule has 1 N–H and O–H groups in total. The number of aromatic amines is 1. The van der Waals surface area contributed by atoms with Crippen molar-refractivity contribution in [3.05, 3.63) is 104 Å². The van der Waals surface area contributed by atoms with Crippen molar-refractivity contribution in [3.8, 4) is 0 Å². The first-order chi connectivity index (χ1) is 15.1. The predicted octanol–water partition coefficient (Wildman–Crippen LogP) is 2.93. The second kappa shape index (κ2) is 9.87. The minimum atomic E-state index is -0.533. The number of ether oxygens (including phenoxy) is 3. The molecule has 4 rings (SSSR count). The average molecular weight is 422 g/mol. The topological polar surface area (TPSA) is 82.6 Å². The Kier molecular flexibility index (Phi) is 6.76. The van der Waals surface area contributed by atoms with Gasteiger partial charge in [-0.3, -0.25) is 14.3 Å². The number of nitrogens with one attached hydrogen (secondary N) is 1. The lowest BCUT2D eigenvalue weighted by molar-refractivity contribution is -0.0832. The van der Waals surface area contributed by atoms with Crippen molar-refractivity contribution in [3.63, 3.8) is 0 Å². The van der Waals surface area contributed by atoms with E-state index >= 15 is 0 Å². The van der Waals surface area contributed by atoms with Crippen molar-refractivity contribution in [2.24, 2.45) is 0 Å². The van der Waals surface area contributed by atoms with Crippen molar-refractivity contribution < 1.29 is 14.2 Å². The summed E-state index contributed by atoms with van der Waals surface area (Å²) in [7, 11) is 0. The zero-order chi connectivity index (χ0) is 21.6. The largest absolute Gasteiger partial charge is 0.374 e. The van der Waals surface area contributed by atoms with E-state index in [1.165, 1.54) is 10.8 Å². The van der Waals surface area contributed by atoms with Crippen LogP contribution in [-0.2, 0) is 27.4 Å². The Bertz CT molecular complexity index is 1090. The third-order valence-electron chi connectivity index (χ3n) is 5.34. The van der Waals surface area contributed by atoms with Gasteiger partial charge in [-0.25, -0.2) is 4.79 Å². The van der Waals surface area contributed by atoms with Gasteiger partial charge < -0.3 is 14.2 Å². The summed E-state index contributed by atoms with van der Waals surface area (Å²) in [5.41, 5.74) is 1.71. The van der Waals surface area contributed by atoms with Gasteiger partial charge in [0.15, 0.2) is 0 Å². The number of nitrogens with zero attached hydrogens (tertiary/aromatic N) is 1. The maximum Gasteiger partial charge on any atom is 0.330 e. The summed E-state index contributed by atoms with van der Waals surface area (Å²) in [5, 5.41) is 0. The summed E-state index contributed by atoms with van der Waals surface area (Å²) in [6, 6.07) is 19.8. The number of benzene rings is 2. The molecule has 0 saturated carbocycles. The Morgan fingerprint density at radius 1 is 1.00 bits per heavy atom. The molecule has 7 heteroatoms. The molecule has 1 fully saturated rings. The van der Waals surface area contributed by atoms with Crippen LogP contribution in [0.2, 0.25) is 0 Å². The molecule has 2 heterocycles. The first-order valence-electron chi connectivity index (χ1n) is 10.3. The van der Waals surface area contributed by atoms with Crippen LogP contribution in [0, 0.1) is 6.92 Å². The molecule has 1 saturated heterocycles. The highest BCUT2D eigenvalue weighted by Crippen LogP contribution is 2.31. The Morgan fingerprint density at radius 2 is 1.65 bits per heavy atom. The summed E-state index contributed by atoms with van der Waals surface area (Å²) >= 11 is 0. The SMILES string of the molecule is Cc1cn([C@@H]2C[C@H](OCc3ccccc3)[C@@H](COCc3ccccc3)O2)c(=O)[nH]c1=O. The van der Waals surface area contributed by atoms with Crippen molar-refractivity contribution in [2.45, 2.75) is 45.0 Å². The van der Waals surface area contributed by atoms with Crippen LogP contribution < -0.4 is 11.2 Å². The molecule has 1 aromatic heterocycles. The summed E-state index contributed by atoms with van der Waals surface area (Å²) in [6.45, 7) is 2.90. The van der Waals surface area contributed by atoms with Crippen LogP contribution in [0.5, 0.6) is 0 Å². The number of rotatable bonds is 8. The lowest BCUT2D eigenvalue weighted by atomic mass is 10.1. The molecular weight excluding hydrogens is 396 g/mol. The first-order valence-corrected chi connectivity index (χ1v) is 10.3. The molecule has 0 amide bonds. The smallest absolute Gasteiger partial charge is 0.330 e. The van der Waals surface area contributed by atoms with Gasteiger partial charge in [-0.1, -0.05) is 60.7 Å². The quantitative estimate of drug-likeness (QED) is 0.604. The molecule has 0 bridgehead atoms. The molecule has 0 radical (unpaired) electrons. The number of aryl methyl sites for hydroxylation is 1. The number of aromatic nitrogens is 2. The normalized spacial score (nSPS) is 20.7. The van der Waals surface area contributed by atoms with Crippen LogP contribution in [0.1, 0.15) is 29.3 Å². The monoisotopic (exact) mass is 422 g/mol. The van der Waals surface area contributed by atoms with Crippen LogP contribution >= 0.6 is 0 Å². The fraction of sp³-hybridized carbons (Fsp3) is 0.333. The third-order valence-corrected chi connectivity index (χ3v) is 5.34. The fourth-order valence-electron chi connectivity index (χ4n) is 3.64. The van der Waals surface area contributed by atoms with Crippen molar-refractivity contribution in [1.82, 2.24) is 9.55 Å². The highest BCUT2D eigenvalue weighted by Gasteiger charge is 2.37. The molecule has 0 unspecified atom stereocenters. The molecule has 162 valence electrons. The number of hydrogen-bond donors (Lipinski definition) is 1. The van der Waals surface area contributed by atoms with E-state index in [0.717, 1.165) is 11.1 Å². The summed E-state index contributed by atoms with van der Waals surface area (Å²) in [5.74, 6) is 0.